The number of pyridine rings is 2. The number of nitrogens with one attached hydrogen (secondary N) is 2. The van der Waals surface area contributed by atoms with Gasteiger partial charge in [0.05, 0.1) is 18.2 Å². The Morgan fingerprint density at radius 3 is 1.36 bits per heavy atom. The van der Waals surface area contributed by atoms with Crippen LogP contribution in [0.5, 0.6) is 0 Å². The number of nitrogens with zero attached hydrogens (tertiary/aromatic N) is 4. The number of aromatic nitrogens is 2. The first-order valence-corrected chi connectivity index (χ1v) is 18.2. The van der Waals surface area contributed by atoms with E-state index in [0.717, 1.165) is 74.1 Å². The standard InChI is InChI=1S/C21H23N3O3.C20H21N3O3/c1-27-20(26)21(13-15-7-2-3-8-16(15)14-21)23-19(25)17-9-6-10-22-18(17)24-11-4-5-12-24;24-18(16-8-5-9-21-17(16)23-10-3-4-11-23)22-20(19(25)26)12-14-6-1-2-7-15(14)13-20/h2-3,6-10H,4-5,11-14H2,1H3,(H,23,25);1-2,5-9H,3-4,10-13H2,(H,22,24)(H,25,26). The zero-order chi connectivity index (χ0) is 37.0. The van der Waals surface area contributed by atoms with Gasteiger partial charge in [-0.1, -0.05) is 48.5 Å². The summed E-state index contributed by atoms with van der Waals surface area (Å²) in [6.45, 7) is 3.52. The summed E-state index contributed by atoms with van der Waals surface area (Å²) in [7, 11) is 1.36. The Balaban J connectivity index is 0.000000164. The van der Waals surface area contributed by atoms with Gasteiger partial charge >= 0.3 is 11.9 Å². The Bertz CT molecular complexity index is 1970. The van der Waals surface area contributed by atoms with Crippen molar-refractivity contribution in [3.05, 3.63) is 119 Å². The molecule has 12 heteroatoms. The van der Waals surface area contributed by atoms with Crippen molar-refractivity contribution in [3.63, 3.8) is 0 Å². The number of carbonyl (C=O) groups excluding carboxylic acids is 3. The molecule has 3 N–H and O–H groups in total. The Labute approximate surface area is 308 Å². The molecule has 2 amide bonds. The molecule has 2 fully saturated rings. The molecule has 0 spiro atoms. The Kier molecular flexibility index (Phi) is 10.1. The van der Waals surface area contributed by atoms with Crippen molar-refractivity contribution in [2.45, 2.75) is 62.4 Å². The molecule has 0 atom stereocenters. The average molecular weight is 717 g/mol. The summed E-state index contributed by atoms with van der Waals surface area (Å²) >= 11 is 0. The Hall–Kier alpha value is -5.78. The first-order valence-electron chi connectivity index (χ1n) is 18.2. The molecule has 2 aromatic heterocycles. The molecule has 2 aromatic carbocycles. The number of amides is 2. The summed E-state index contributed by atoms with van der Waals surface area (Å²) in [5.41, 5.74) is 2.63. The van der Waals surface area contributed by atoms with E-state index >= 15 is 0 Å². The average Bonchev–Trinajstić information content (AvgIpc) is 4.01. The molecule has 4 heterocycles. The number of rotatable bonds is 8. The summed E-state index contributed by atoms with van der Waals surface area (Å²) in [4.78, 5) is 63.9. The fraction of sp³-hybridized carbons (Fsp3) is 0.366. The molecule has 8 rings (SSSR count). The monoisotopic (exact) mass is 716 g/mol. The maximum Gasteiger partial charge on any atom is 0.332 e. The number of hydrogen-bond acceptors (Lipinski definition) is 9. The number of methoxy groups -OCH3 is 1. The van der Waals surface area contributed by atoms with Crippen LogP contribution in [0.3, 0.4) is 0 Å². The maximum atomic E-state index is 13.2. The van der Waals surface area contributed by atoms with E-state index in [9.17, 15) is 24.3 Å². The molecule has 0 bridgehead atoms. The number of benzene rings is 2. The van der Waals surface area contributed by atoms with Crippen LogP contribution in [0.2, 0.25) is 0 Å². The lowest BCUT2D eigenvalue weighted by molar-refractivity contribution is -0.148. The van der Waals surface area contributed by atoms with Crippen LogP contribution in [0.25, 0.3) is 0 Å². The number of carbonyl (C=O) groups is 4. The third-order valence-electron chi connectivity index (χ3n) is 10.8. The first kappa shape index (κ1) is 35.6. The molecule has 4 aliphatic rings. The van der Waals surface area contributed by atoms with Gasteiger partial charge in [0.1, 0.15) is 22.7 Å². The lowest BCUT2D eigenvalue weighted by Gasteiger charge is -2.28. The van der Waals surface area contributed by atoms with Crippen LogP contribution in [0.4, 0.5) is 11.6 Å². The number of hydrogen-bond donors (Lipinski definition) is 3. The highest BCUT2D eigenvalue weighted by molar-refractivity contribution is 6.03. The second-order valence-electron chi connectivity index (χ2n) is 14.3. The van der Waals surface area contributed by atoms with Crippen molar-refractivity contribution in [1.29, 1.82) is 0 Å². The molecular formula is C41H44N6O6. The predicted molar refractivity (Wildman–Crippen MR) is 199 cm³/mol. The molecule has 2 aliphatic heterocycles. The first-order chi connectivity index (χ1) is 25.7. The van der Waals surface area contributed by atoms with Crippen LogP contribution in [0.15, 0.2) is 85.2 Å². The van der Waals surface area contributed by atoms with Crippen LogP contribution in [-0.2, 0) is 40.0 Å². The number of aliphatic carboxylic acids is 1. The van der Waals surface area contributed by atoms with Crippen molar-refractivity contribution in [2.75, 3.05) is 43.1 Å². The van der Waals surface area contributed by atoms with Crippen molar-refractivity contribution in [3.8, 4) is 0 Å². The number of esters is 1. The van der Waals surface area contributed by atoms with E-state index in [-0.39, 0.29) is 11.8 Å². The topological polar surface area (TPSA) is 154 Å². The molecule has 2 aliphatic carbocycles. The predicted octanol–water partition coefficient (Wildman–Crippen LogP) is 4.16. The zero-order valence-corrected chi connectivity index (χ0v) is 29.8. The van der Waals surface area contributed by atoms with E-state index in [4.69, 9.17) is 4.74 Å². The Morgan fingerprint density at radius 1 is 0.604 bits per heavy atom. The molecule has 0 unspecified atom stereocenters. The van der Waals surface area contributed by atoms with Gasteiger partial charge in [-0.05, 0) is 72.2 Å². The largest absolute Gasteiger partial charge is 0.479 e. The third kappa shape index (κ3) is 7.18. The SMILES string of the molecule is COC(=O)C1(NC(=O)c2cccnc2N2CCCC2)Cc2ccccc2C1.O=C(NC1(C(=O)O)Cc2ccccc2C1)c1cccnc1N1CCCC1. The molecule has 2 saturated heterocycles. The molecule has 274 valence electrons. The lowest BCUT2D eigenvalue weighted by atomic mass is 9.95. The summed E-state index contributed by atoms with van der Waals surface area (Å²) in [5, 5.41) is 15.7. The van der Waals surface area contributed by atoms with E-state index in [1.165, 1.54) is 7.11 Å². The molecule has 53 heavy (non-hydrogen) atoms. The fourth-order valence-electron chi connectivity index (χ4n) is 8.08. The van der Waals surface area contributed by atoms with Crippen LogP contribution >= 0.6 is 0 Å². The van der Waals surface area contributed by atoms with Crippen molar-refractivity contribution >= 4 is 35.4 Å². The van der Waals surface area contributed by atoms with Crippen molar-refractivity contribution in [1.82, 2.24) is 20.6 Å². The fourth-order valence-corrected chi connectivity index (χ4v) is 8.08. The van der Waals surface area contributed by atoms with Gasteiger partial charge in [0.25, 0.3) is 11.8 Å². The highest BCUT2D eigenvalue weighted by atomic mass is 16.5. The van der Waals surface area contributed by atoms with Crippen LogP contribution in [0.1, 0.15) is 68.7 Å². The summed E-state index contributed by atoms with van der Waals surface area (Å²) < 4.78 is 5.06. The lowest BCUT2D eigenvalue weighted by Crippen LogP contribution is -2.56. The quantitative estimate of drug-likeness (QED) is 0.227. The molecule has 4 aromatic rings. The second kappa shape index (κ2) is 15.1. The number of carboxylic acid groups (broad SMARTS) is 1. The van der Waals surface area contributed by atoms with Gasteiger partial charge in [0.15, 0.2) is 0 Å². The van der Waals surface area contributed by atoms with E-state index in [0.29, 0.717) is 48.4 Å². The Morgan fingerprint density at radius 2 is 0.981 bits per heavy atom. The summed E-state index contributed by atoms with van der Waals surface area (Å²) in [5.74, 6) is -0.771. The smallest absolute Gasteiger partial charge is 0.332 e. The number of fused-ring (bicyclic) bond motifs is 2. The van der Waals surface area contributed by atoms with Gasteiger partial charge in [0, 0.05) is 64.3 Å². The normalized spacial score (nSPS) is 17.6. The summed E-state index contributed by atoms with van der Waals surface area (Å²) in [6, 6.07) is 22.5. The van der Waals surface area contributed by atoms with Crippen LogP contribution < -0.4 is 20.4 Å². The van der Waals surface area contributed by atoms with E-state index < -0.39 is 23.0 Å². The minimum atomic E-state index is -1.31. The van der Waals surface area contributed by atoms with E-state index in [1.807, 2.05) is 48.5 Å². The van der Waals surface area contributed by atoms with Gasteiger partial charge in [-0.25, -0.2) is 19.6 Å². The van der Waals surface area contributed by atoms with Gasteiger partial charge in [-0.15, -0.1) is 0 Å². The molecule has 0 saturated carbocycles. The molecular weight excluding hydrogens is 672 g/mol. The molecule has 0 radical (unpaired) electrons. The van der Waals surface area contributed by atoms with Gasteiger partial charge in [-0.3, -0.25) is 9.59 Å². The highest BCUT2D eigenvalue weighted by Crippen LogP contribution is 2.33. The third-order valence-corrected chi connectivity index (χ3v) is 10.8. The van der Waals surface area contributed by atoms with Crippen molar-refractivity contribution < 1.29 is 29.0 Å². The van der Waals surface area contributed by atoms with E-state index in [1.54, 1.807) is 36.7 Å². The van der Waals surface area contributed by atoms with E-state index in [2.05, 4.69) is 30.4 Å². The zero-order valence-electron chi connectivity index (χ0n) is 29.8. The summed E-state index contributed by atoms with van der Waals surface area (Å²) in [6.07, 6.45) is 9.17. The minimum Gasteiger partial charge on any atom is -0.479 e. The van der Waals surface area contributed by atoms with Crippen LogP contribution in [0, 0.1) is 0 Å². The van der Waals surface area contributed by atoms with Gasteiger partial charge in [-0.2, -0.15) is 0 Å². The maximum absolute atomic E-state index is 13.2. The number of anilines is 2. The molecule has 12 nitrogen and oxygen atoms in total. The highest BCUT2D eigenvalue weighted by Gasteiger charge is 2.47. The number of ether oxygens (including phenoxy) is 1. The second-order valence-corrected chi connectivity index (χ2v) is 14.3. The van der Waals surface area contributed by atoms with Gasteiger partial charge in [0.2, 0.25) is 0 Å². The minimum absolute atomic E-state index is 0.289. The van der Waals surface area contributed by atoms with Gasteiger partial charge < -0.3 is 30.3 Å². The number of carboxylic acids is 1. The van der Waals surface area contributed by atoms with Crippen LogP contribution in [-0.4, -0.2) is 83.2 Å². The van der Waals surface area contributed by atoms with Crippen molar-refractivity contribution in [2.24, 2.45) is 0 Å².